The number of benzene rings is 1. The minimum absolute atomic E-state index is 0.114. The van der Waals surface area contributed by atoms with E-state index in [0.717, 1.165) is 14.7 Å². The summed E-state index contributed by atoms with van der Waals surface area (Å²) in [7, 11) is 0. The smallest absolute Gasteiger partial charge is 0.0651 e. The first-order valence-electron chi connectivity index (χ1n) is 4.34. The van der Waals surface area contributed by atoms with Crippen molar-refractivity contribution < 1.29 is 5.11 Å². The average molecular weight is 306 g/mol. The Morgan fingerprint density at radius 1 is 1.50 bits per heavy atom. The summed E-state index contributed by atoms with van der Waals surface area (Å²) in [4.78, 5) is 0. The lowest BCUT2D eigenvalue weighted by atomic mass is 9.91. The molecule has 4 heteroatoms. The van der Waals surface area contributed by atoms with Gasteiger partial charge in [0.05, 0.1) is 12.1 Å². The predicted octanol–water partition coefficient (Wildman–Crippen LogP) is 1.35. The van der Waals surface area contributed by atoms with Crippen molar-refractivity contribution in [2.75, 3.05) is 12.3 Å². The summed E-state index contributed by atoms with van der Waals surface area (Å²) in [5.74, 6) is 0. The molecule has 3 nitrogen and oxygen atoms in total. The molecule has 0 unspecified atom stereocenters. The van der Waals surface area contributed by atoms with Crippen molar-refractivity contribution in [2.45, 2.75) is 19.4 Å². The number of nitrogens with two attached hydrogens (primary N) is 2. The van der Waals surface area contributed by atoms with Gasteiger partial charge in [-0.05, 0) is 59.7 Å². The van der Waals surface area contributed by atoms with Crippen LogP contribution >= 0.6 is 22.6 Å². The predicted molar refractivity (Wildman–Crippen MR) is 66.9 cm³/mol. The first kappa shape index (κ1) is 11.7. The number of nitrogen functional groups attached to an aromatic ring is 1. The molecule has 1 atom stereocenters. The molecule has 0 heterocycles. The van der Waals surface area contributed by atoms with Crippen molar-refractivity contribution in [1.82, 2.24) is 0 Å². The van der Waals surface area contributed by atoms with Crippen LogP contribution in [0.1, 0.15) is 18.1 Å². The van der Waals surface area contributed by atoms with Gasteiger partial charge in [0.25, 0.3) is 0 Å². The Morgan fingerprint density at radius 2 is 2.07 bits per heavy atom. The minimum atomic E-state index is -0.768. The van der Waals surface area contributed by atoms with Crippen molar-refractivity contribution in [1.29, 1.82) is 0 Å². The summed E-state index contributed by atoms with van der Waals surface area (Å²) in [5.41, 5.74) is 13.6. The molecule has 0 aliphatic rings. The molecular formula is C10H15IN2O. The first-order chi connectivity index (χ1) is 6.38. The fraction of sp³-hybridized carbons (Fsp3) is 0.400. The minimum Gasteiger partial charge on any atom is -0.398 e. The highest BCUT2D eigenvalue weighted by atomic mass is 127. The van der Waals surface area contributed by atoms with Crippen molar-refractivity contribution in [3.05, 3.63) is 26.8 Å². The second kappa shape index (κ2) is 4.04. The SMILES string of the molecule is Cc1cc(I)cc([C@](C)(N)CO)c1N. The largest absolute Gasteiger partial charge is 0.398 e. The van der Waals surface area contributed by atoms with Crippen LogP contribution < -0.4 is 11.5 Å². The van der Waals surface area contributed by atoms with Crippen molar-refractivity contribution in [3.63, 3.8) is 0 Å². The maximum atomic E-state index is 9.17. The zero-order valence-electron chi connectivity index (χ0n) is 8.34. The average Bonchev–Trinajstić information content (AvgIpc) is 2.11. The van der Waals surface area contributed by atoms with Gasteiger partial charge in [0.15, 0.2) is 0 Å². The number of rotatable bonds is 2. The quantitative estimate of drug-likeness (QED) is 0.570. The van der Waals surface area contributed by atoms with Gasteiger partial charge < -0.3 is 16.6 Å². The molecule has 78 valence electrons. The fourth-order valence-electron chi connectivity index (χ4n) is 1.31. The highest BCUT2D eigenvalue weighted by molar-refractivity contribution is 14.1. The Balaban J connectivity index is 3.34. The van der Waals surface area contributed by atoms with Crippen LogP contribution in [0.25, 0.3) is 0 Å². The summed E-state index contributed by atoms with van der Waals surface area (Å²) in [6.07, 6.45) is 0. The Morgan fingerprint density at radius 3 is 2.57 bits per heavy atom. The molecule has 0 amide bonds. The molecule has 1 rings (SSSR count). The van der Waals surface area contributed by atoms with Gasteiger partial charge in [-0.25, -0.2) is 0 Å². The van der Waals surface area contributed by atoms with Crippen molar-refractivity contribution in [2.24, 2.45) is 5.73 Å². The third-order valence-electron chi connectivity index (χ3n) is 2.30. The molecule has 0 saturated heterocycles. The molecule has 0 spiro atoms. The fourth-order valence-corrected chi connectivity index (χ4v) is 2.09. The van der Waals surface area contributed by atoms with Gasteiger partial charge in [-0.15, -0.1) is 0 Å². The highest BCUT2D eigenvalue weighted by Crippen LogP contribution is 2.28. The van der Waals surface area contributed by atoms with Gasteiger partial charge in [-0.1, -0.05) is 0 Å². The number of aliphatic hydroxyl groups is 1. The zero-order valence-corrected chi connectivity index (χ0v) is 10.5. The van der Waals surface area contributed by atoms with Crippen LogP contribution in [0.2, 0.25) is 0 Å². The van der Waals surface area contributed by atoms with E-state index in [1.165, 1.54) is 0 Å². The number of aliphatic hydroxyl groups excluding tert-OH is 1. The van der Waals surface area contributed by atoms with Crippen LogP contribution in [0.3, 0.4) is 0 Å². The number of anilines is 1. The van der Waals surface area contributed by atoms with E-state index in [9.17, 15) is 5.11 Å². The van der Waals surface area contributed by atoms with E-state index in [2.05, 4.69) is 22.6 Å². The van der Waals surface area contributed by atoms with Gasteiger partial charge in [0.1, 0.15) is 0 Å². The van der Waals surface area contributed by atoms with Crippen LogP contribution in [-0.4, -0.2) is 11.7 Å². The van der Waals surface area contributed by atoms with Gasteiger partial charge in [-0.2, -0.15) is 0 Å². The summed E-state index contributed by atoms with van der Waals surface area (Å²) in [6, 6.07) is 3.91. The third-order valence-corrected chi connectivity index (χ3v) is 2.92. The molecule has 0 saturated carbocycles. The first-order valence-corrected chi connectivity index (χ1v) is 5.42. The maximum absolute atomic E-state index is 9.17. The summed E-state index contributed by atoms with van der Waals surface area (Å²) in [6.45, 7) is 3.60. The van der Waals surface area contributed by atoms with Gasteiger partial charge >= 0.3 is 0 Å². The normalized spacial score (nSPS) is 15.2. The van der Waals surface area contributed by atoms with Crippen LogP contribution in [0, 0.1) is 10.5 Å². The highest BCUT2D eigenvalue weighted by Gasteiger charge is 2.23. The lowest BCUT2D eigenvalue weighted by molar-refractivity contribution is 0.210. The Kier molecular flexibility index (Phi) is 3.39. The van der Waals surface area contributed by atoms with Gasteiger partial charge in [0.2, 0.25) is 0 Å². The molecule has 0 radical (unpaired) electrons. The molecule has 1 aromatic carbocycles. The van der Waals surface area contributed by atoms with E-state index in [1.54, 1.807) is 6.92 Å². The lowest BCUT2D eigenvalue weighted by Crippen LogP contribution is -2.38. The van der Waals surface area contributed by atoms with E-state index in [0.29, 0.717) is 5.69 Å². The van der Waals surface area contributed by atoms with Crippen LogP contribution in [0.5, 0.6) is 0 Å². The third kappa shape index (κ3) is 2.18. The summed E-state index contributed by atoms with van der Waals surface area (Å²) < 4.78 is 1.08. The van der Waals surface area contributed by atoms with Crippen LogP contribution in [-0.2, 0) is 5.54 Å². The Bertz CT molecular complexity index is 350. The van der Waals surface area contributed by atoms with Crippen LogP contribution in [0.15, 0.2) is 12.1 Å². The molecule has 0 bridgehead atoms. The molecular weight excluding hydrogens is 291 g/mol. The second-order valence-corrected chi connectivity index (χ2v) is 5.01. The van der Waals surface area contributed by atoms with Gasteiger partial charge in [-0.3, -0.25) is 0 Å². The van der Waals surface area contributed by atoms with Crippen molar-refractivity contribution in [3.8, 4) is 0 Å². The maximum Gasteiger partial charge on any atom is 0.0651 e. The summed E-state index contributed by atoms with van der Waals surface area (Å²) >= 11 is 2.21. The Labute approximate surface area is 97.6 Å². The summed E-state index contributed by atoms with van der Waals surface area (Å²) in [5, 5.41) is 9.17. The van der Waals surface area contributed by atoms with E-state index in [4.69, 9.17) is 11.5 Å². The number of aryl methyl sites for hydroxylation is 1. The van der Waals surface area contributed by atoms with E-state index in [-0.39, 0.29) is 6.61 Å². The standard InChI is InChI=1S/C10H15IN2O/c1-6-3-7(11)4-8(9(6)12)10(2,13)5-14/h3-4,14H,5,12-13H2,1-2H3/t10-/m1/s1. The van der Waals surface area contributed by atoms with Gasteiger partial charge in [0, 0.05) is 9.26 Å². The molecule has 1 aromatic rings. The zero-order chi connectivity index (χ0) is 10.9. The molecule has 14 heavy (non-hydrogen) atoms. The molecule has 0 aliphatic heterocycles. The molecule has 0 fully saturated rings. The Hall–Kier alpha value is -0.330. The van der Waals surface area contributed by atoms with Crippen LogP contribution in [0.4, 0.5) is 5.69 Å². The lowest BCUT2D eigenvalue weighted by Gasteiger charge is -2.25. The number of hydrogen-bond acceptors (Lipinski definition) is 3. The number of hydrogen-bond donors (Lipinski definition) is 3. The van der Waals surface area contributed by atoms with E-state index < -0.39 is 5.54 Å². The van der Waals surface area contributed by atoms with Crippen molar-refractivity contribution >= 4 is 28.3 Å². The van der Waals surface area contributed by atoms with E-state index in [1.807, 2.05) is 19.1 Å². The molecule has 0 aliphatic carbocycles. The second-order valence-electron chi connectivity index (χ2n) is 3.76. The monoisotopic (exact) mass is 306 g/mol. The topological polar surface area (TPSA) is 72.3 Å². The van der Waals surface area contributed by atoms with E-state index >= 15 is 0 Å². The number of halogens is 1. The molecule has 0 aromatic heterocycles. The molecule has 5 N–H and O–H groups in total.